The van der Waals surface area contributed by atoms with Gasteiger partial charge in [0.25, 0.3) is 0 Å². The van der Waals surface area contributed by atoms with Crippen molar-refractivity contribution >= 4 is 27.6 Å². The molecule has 1 aliphatic rings. The van der Waals surface area contributed by atoms with E-state index in [2.05, 4.69) is 15.9 Å². The fourth-order valence-corrected chi connectivity index (χ4v) is 2.09. The van der Waals surface area contributed by atoms with Crippen LogP contribution in [0.2, 0.25) is 0 Å². The van der Waals surface area contributed by atoms with E-state index in [-0.39, 0.29) is 12.1 Å². The number of carbonyl (C=O) groups is 1. The first-order valence-corrected chi connectivity index (χ1v) is 5.92. The molecule has 1 heterocycles. The maximum absolute atomic E-state index is 11.9. The zero-order valence-electron chi connectivity index (χ0n) is 9.06. The Hall–Kier alpha value is -1.07. The lowest BCUT2D eigenvalue weighted by Crippen LogP contribution is -2.35. The molecule has 1 fully saturated rings. The van der Waals surface area contributed by atoms with E-state index in [0.29, 0.717) is 13.1 Å². The van der Waals surface area contributed by atoms with Crippen LogP contribution in [0.25, 0.3) is 0 Å². The Balaban J connectivity index is 2.23. The second-order valence-electron chi connectivity index (χ2n) is 3.87. The van der Waals surface area contributed by atoms with Crippen molar-refractivity contribution < 1.29 is 4.79 Å². The summed E-state index contributed by atoms with van der Waals surface area (Å²) in [5.74, 6) is 0. The Morgan fingerprint density at radius 3 is 2.56 bits per heavy atom. The molecule has 0 radical (unpaired) electrons. The van der Waals surface area contributed by atoms with Crippen molar-refractivity contribution in [1.29, 1.82) is 0 Å². The molecule has 1 saturated heterocycles. The van der Waals surface area contributed by atoms with Crippen LogP contribution < -0.4 is 10.6 Å². The van der Waals surface area contributed by atoms with Gasteiger partial charge in [0.15, 0.2) is 0 Å². The lowest BCUT2D eigenvalue weighted by atomic mass is 10.2. The van der Waals surface area contributed by atoms with Gasteiger partial charge in [-0.15, -0.1) is 0 Å². The number of benzene rings is 1. The minimum atomic E-state index is 0.0118. The minimum absolute atomic E-state index is 0.0118. The van der Waals surface area contributed by atoms with Crippen molar-refractivity contribution in [1.82, 2.24) is 4.90 Å². The molecule has 1 unspecified atom stereocenters. The largest absolute Gasteiger partial charge is 0.328 e. The number of urea groups is 1. The lowest BCUT2D eigenvalue weighted by Gasteiger charge is -2.16. The number of nitrogens with zero attached hydrogens (tertiary/aromatic N) is 2. The highest BCUT2D eigenvalue weighted by molar-refractivity contribution is 9.10. The van der Waals surface area contributed by atoms with Gasteiger partial charge in [-0.05, 0) is 24.3 Å². The molecule has 86 valence electrons. The number of amides is 2. The predicted octanol–water partition coefficient (Wildman–Crippen LogP) is 1.65. The standard InChI is InChI=1S/C11H14BrN3O/c1-14-10(6-13)7-15(11(14)16)9-4-2-8(12)3-5-9/h2-5,10H,6-7,13H2,1H3. The van der Waals surface area contributed by atoms with Crippen molar-refractivity contribution in [3.8, 4) is 0 Å². The highest BCUT2D eigenvalue weighted by atomic mass is 79.9. The third-order valence-electron chi connectivity index (χ3n) is 2.88. The fraction of sp³-hybridized carbons (Fsp3) is 0.364. The summed E-state index contributed by atoms with van der Waals surface area (Å²) in [6, 6.07) is 7.83. The summed E-state index contributed by atoms with van der Waals surface area (Å²) < 4.78 is 1.01. The Morgan fingerprint density at radius 1 is 1.44 bits per heavy atom. The first kappa shape index (κ1) is 11.4. The highest BCUT2D eigenvalue weighted by Crippen LogP contribution is 2.24. The average molecular weight is 284 g/mol. The van der Waals surface area contributed by atoms with Gasteiger partial charge in [0.2, 0.25) is 0 Å². The van der Waals surface area contributed by atoms with Crippen LogP contribution in [0.1, 0.15) is 0 Å². The number of rotatable bonds is 2. The van der Waals surface area contributed by atoms with Gasteiger partial charge in [0, 0.05) is 30.3 Å². The summed E-state index contributed by atoms with van der Waals surface area (Å²) in [6.07, 6.45) is 0. The molecule has 1 aromatic rings. The number of hydrogen-bond acceptors (Lipinski definition) is 2. The fourth-order valence-electron chi connectivity index (χ4n) is 1.83. The third-order valence-corrected chi connectivity index (χ3v) is 3.41. The highest BCUT2D eigenvalue weighted by Gasteiger charge is 2.34. The second-order valence-corrected chi connectivity index (χ2v) is 4.79. The van der Waals surface area contributed by atoms with Gasteiger partial charge in [-0.25, -0.2) is 4.79 Å². The molecular weight excluding hydrogens is 270 g/mol. The van der Waals surface area contributed by atoms with Gasteiger partial charge < -0.3 is 10.6 Å². The van der Waals surface area contributed by atoms with Crippen molar-refractivity contribution in [3.05, 3.63) is 28.7 Å². The van der Waals surface area contributed by atoms with Gasteiger partial charge in [-0.1, -0.05) is 15.9 Å². The van der Waals surface area contributed by atoms with Gasteiger partial charge in [0.05, 0.1) is 6.04 Å². The van der Waals surface area contributed by atoms with Crippen LogP contribution in [0, 0.1) is 0 Å². The Morgan fingerprint density at radius 2 is 2.06 bits per heavy atom. The normalized spacial score (nSPS) is 20.7. The zero-order valence-corrected chi connectivity index (χ0v) is 10.6. The van der Waals surface area contributed by atoms with Crippen molar-refractivity contribution in [2.24, 2.45) is 5.73 Å². The maximum Gasteiger partial charge on any atom is 0.324 e. The van der Waals surface area contributed by atoms with Crippen molar-refractivity contribution in [3.63, 3.8) is 0 Å². The number of anilines is 1. The summed E-state index contributed by atoms with van der Waals surface area (Å²) in [4.78, 5) is 15.4. The van der Waals surface area contributed by atoms with Crippen LogP contribution in [0.15, 0.2) is 28.7 Å². The van der Waals surface area contributed by atoms with Gasteiger partial charge in [-0.2, -0.15) is 0 Å². The van der Waals surface area contributed by atoms with E-state index in [1.807, 2.05) is 24.3 Å². The summed E-state index contributed by atoms with van der Waals surface area (Å²) in [6.45, 7) is 1.16. The molecule has 2 amide bonds. The second kappa shape index (κ2) is 4.43. The van der Waals surface area contributed by atoms with E-state index in [0.717, 1.165) is 10.2 Å². The van der Waals surface area contributed by atoms with E-state index < -0.39 is 0 Å². The molecule has 2 rings (SSSR count). The zero-order chi connectivity index (χ0) is 11.7. The Kier molecular flexibility index (Phi) is 3.16. The first-order chi connectivity index (χ1) is 7.63. The molecule has 0 aliphatic carbocycles. The molecule has 16 heavy (non-hydrogen) atoms. The molecule has 0 aromatic heterocycles. The average Bonchev–Trinajstić information content (AvgIpc) is 2.57. The quantitative estimate of drug-likeness (QED) is 0.897. The molecule has 5 heteroatoms. The van der Waals surface area contributed by atoms with Crippen molar-refractivity contribution in [2.45, 2.75) is 6.04 Å². The number of likely N-dealkylation sites (N-methyl/N-ethyl adjacent to an activating group) is 1. The molecule has 2 N–H and O–H groups in total. The van der Waals surface area contributed by atoms with Gasteiger partial charge in [-0.3, -0.25) is 4.90 Å². The Labute approximate surface area is 103 Å². The predicted molar refractivity (Wildman–Crippen MR) is 67.5 cm³/mol. The molecular formula is C11H14BrN3O. The monoisotopic (exact) mass is 283 g/mol. The van der Waals surface area contributed by atoms with Crippen LogP contribution in [-0.4, -0.2) is 37.1 Å². The van der Waals surface area contributed by atoms with Gasteiger partial charge in [0.1, 0.15) is 0 Å². The molecule has 4 nitrogen and oxygen atoms in total. The van der Waals surface area contributed by atoms with Crippen LogP contribution in [0.4, 0.5) is 10.5 Å². The summed E-state index contributed by atoms with van der Waals surface area (Å²) in [5.41, 5.74) is 6.54. The molecule has 0 spiro atoms. The van der Waals surface area contributed by atoms with E-state index in [9.17, 15) is 4.79 Å². The molecule has 1 aliphatic heterocycles. The van der Waals surface area contributed by atoms with Gasteiger partial charge >= 0.3 is 6.03 Å². The van der Waals surface area contributed by atoms with E-state index in [1.165, 1.54) is 0 Å². The van der Waals surface area contributed by atoms with Crippen LogP contribution in [0.3, 0.4) is 0 Å². The Bertz CT molecular complexity index is 393. The third kappa shape index (κ3) is 1.92. The summed E-state index contributed by atoms with van der Waals surface area (Å²) >= 11 is 3.37. The molecule has 1 aromatic carbocycles. The van der Waals surface area contributed by atoms with E-state index in [1.54, 1.807) is 16.8 Å². The minimum Gasteiger partial charge on any atom is -0.328 e. The molecule has 1 atom stereocenters. The maximum atomic E-state index is 11.9. The van der Waals surface area contributed by atoms with E-state index >= 15 is 0 Å². The van der Waals surface area contributed by atoms with Crippen LogP contribution in [0.5, 0.6) is 0 Å². The lowest BCUT2D eigenvalue weighted by molar-refractivity contribution is 0.219. The molecule has 0 saturated carbocycles. The smallest absolute Gasteiger partial charge is 0.324 e. The number of hydrogen-bond donors (Lipinski definition) is 1. The van der Waals surface area contributed by atoms with Crippen molar-refractivity contribution in [2.75, 3.05) is 25.0 Å². The number of nitrogens with two attached hydrogens (primary N) is 1. The van der Waals surface area contributed by atoms with E-state index in [4.69, 9.17) is 5.73 Å². The number of carbonyl (C=O) groups excluding carboxylic acids is 1. The SMILES string of the molecule is CN1C(=O)N(c2ccc(Br)cc2)CC1CN. The number of halogens is 1. The summed E-state index contributed by atoms with van der Waals surface area (Å²) in [7, 11) is 1.79. The van der Waals surface area contributed by atoms with Crippen LogP contribution in [-0.2, 0) is 0 Å². The molecule has 0 bridgehead atoms. The van der Waals surface area contributed by atoms with Crippen LogP contribution >= 0.6 is 15.9 Å². The topological polar surface area (TPSA) is 49.6 Å². The first-order valence-electron chi connectivity index (χ1n) is 5.13. The summed E-state index contributed by atoms with van der Waals surface area (Å²) in [5, 5.41) is 0.